The molecule has 1 atom stereocenters. The minimum Gasteiger partial charge on any atom is -0.366 e. The Bertz CT molecular complexity index is 215. The van der Waals surface area contributed by atoms with E-state index in [0.29, 0.717) is 6.10 Å². The molecule has 0 spiro atoms. The molecule has 1 aromatic rings. The average molecular weight is 124 g/mol. The van der Waals surface area contributed by atoms with E-state index < -0.39 is 0 Å². The van der Waals surface area contributed by atoms with Crippen LogP contribution in [0, 0.1) is 0 Å². The zero-order chi connectivity index (χ0) is 6.27. The molecule has 0 aromatic carbocycles. The number of aryl methyl sites for hydroxylation is 1. The van der Waals surface area contributed by atoms with Gasteiger partial charge in [-0.05, 0) is 0 Å². The van der Waals surface area contributed by atoms with Crippen LogP contribution in [-0.2, 0) is 11.8 Å². The van der Waals surface area contributed by atoms with Gasteiger partial charge in [0.2, 0.25) is 0 Å². The smallest absolute Gasteiger partial charge is 0.124 e. The first-order chi connectivity index (χ1) is 4.36. The van der Waals surface area contributed by atoms with Gasteiger partial charge in [-0.3, -0.25) is 0 Å². The fourth-order valence-corrected chi connectivity index (χ4v) is 0.818. The lowest BCUT2D eigenvalue weighted by molar-refractivity contribution is 0.412. The fraction of sp³-hybridized carbons (Fsp3) is 0.500. The first-order valence-electron chi connectivity index (χ1n) is 2.96. The van der Waals surface area contributed by atoms with Crippen molar-refractivity contribution >= 4 is 0 Å². The van der Waals surface area contributed by atoms with E-state index in [1.54, 1.807) is 6.33 Å². The Morgan fingerprint density at radius 1 is 1.89 bits per heavy atom. The lowest BCUT2D eigenvalue weighted by Gasteiger charge is -1.81. The molecule has 0 saturated carbocycles. The molecule has 0 amide bonds. The summed E-state index contributed by atoms with van der Waals surface area (Å²) in [6.45, 7) is 0.844. The summed E-state index contributed by atoms with van der Waals surface area (Å²) in [5.41, 5.74) is 1.05. The van der Waals surface area contributed by atoms with E-state index in [1.807, 2.05) is 17.8 Å². The normalized spacial score (nSPS) is 24.3. The Balaban J connectivity index is 2.28. The number of aromatic nitrogens is 2. The molecule has 3 nitrogen and oxygen atoms in total. The van der Waals surface area contributed by atoms with Crippen LogP contribution in [-0.4, -0.2) is 16.2 Å². The van der Waals surface area contributed by atoms with Gasteiger partial charge in [-0.25, -0.2) is 4.98 Å². The molecule has 3 heteroatoms. The number of ether oxygens (including phenoxy) is 1. The minimum atomic E-state index is 0.297. The SMILES string of the molecule is Cn1cnc(C2CO2)c1. The molecule has 2 heterocycles. The predicted octanol–water partition coefficient (Wildman–Crippen LogP) is 0.491. The maximum atomic E-state index is 5.03. The molecule has 0 aliphatic carbocycles. The van der Waals surface area contributed by atoms with E-state index in [9.17, 15) is 0 Å². The summed E-state index contributed by atoms with van der Waals surface area (Å²) in [6, 6.07) is 0. The van der Waals surface area contributed by atoms with E-state index in [0.717, 1.165) is 12.3 Å². The van der Waals surface area contributed by atoms with Crippen molar-refractivity contribution in [3.05, 3.63) is 18.2 Å². The number of epoxide rings is 1. The molecule has 1 unspecified atom stereocenters. The zero-order valence-electron chi connectivity index (χ0n) is 5.24. The van der Waals surface area contributed by atoms with Crippen LogP contribution in [0.25, 0.3) is 0 Å². The predicted molar refractivity (Wildman–Crippen MR) is 31.9 cm³/mol. The van der Waals surface area contributed by atoms with Gasteiger partial charge in [0.25, 0.3) is 0 Å². The molecule has 1 aliphatic rings. The van der Waals surface area contributed by atoms with Crippen LogP contribution in [0.5, 0.6) is 0 Å². The maximum Gasteiger partial charge on any atom is 0.124 e. The van der Waals surface area contributed by atoms with Crippen LogP contribution < -0.4 is 0 Å². The van der Waals surface area contributed by atoms with Crippen LogP contribution in [0.2, 0.25) is 0 Å². The Labute approximate surface area is 53.3 Å². The molecular weight excluding hydrogens is 116 g/mol. The number of rotatable bonds is 1. The second-order valence-corrected chi connectivity index (χ2v) is 2.29. The van der Waals surface area contributed by atoms with Crippen LogP contribution >= 0.6 is 0 Å². The quantitative estimate of drug-likeness (QED) is 0.510. The van der Waals surface area contributed by atoms with Crippen LogP contribution in [0.3, 0.4) is 0 Å². The monoisotopic (exact) mass is 124 g/mol. The molecule has 1 saturated heterocycles. The summed E-state index contributed by atoms with van der Waals surface area (Å²) in [4.78, 5) is 4.12. The fourth-order valence-electron chi connectivity index (χ4n) is 0.818. The third-order valence-corrected chi connectivity index (χ3v) is 1.39. The molecule has 48 valence electrons. The van der Waals surface area contributed by atoms with E-state index in [-0.39, 0.29) is 0 Å². The summed E-state index contributed by atoms with van der Waals surface area (Å²) in [5.74, 6) is 0. The van der Waals surface area contributed by atoms with Crippen LogP contribution in [0.15, 0.2) is 12.5 Å². The summed E-state index contributed by atoms with van der Waals surface area (Å²) in [5, 5.41) is 0. The van der Waals surface area contributed by atoms with Gasteiger partial charge in [-0.1, -0.05) is 0 Å². The van der Waals surface area contributed by atoms with Gasteiger partial charge < -0.3 is 9.30 Å². The third kappa shape index (κ3) is 0.833. The van der Waals surface area contributed by atoms with Crippen molar-refractivity contribution in [3.8, 4) is 0 Å². The molecular formula is C6H8N2O. The molecule has 2 rings (SSSR count). The summed E-state index contributed by atoms with van der Waals surface area (Å²) in [7, 11) is 1.96. The molecule has 0 bridgehead atoms. The highest BCUT2D eigenvalue weighted by Crippen LogP contribution is 2.27. The molecule has 1 aliphatic heterocycles. The second-order valence-electron chi connectivity index (χ2n) is 2.29. The van der Waals surface area contributed by atoms with Gasteiger partial charge in [0.15, 0.2) is 0 Å². The second kappa shape index (κ2) is 1.57. The molecule has 0 radical (unpaired) electrons. The van der Waals surface area contributed by atoms with E-state index >= 15 is 0 Å². The lowest BCUT2D eigenvalue weighted by Crippen LogP contribution is -1.79. The van der Waals surface area contributed by atoms with Crippen molar-refractivity contribution in [2.75, 3.05) is 6.61 Å². The first kappa shape index (κ1) is 4.99. The number of nitrogens with zero attached hydrogens (tertiary/aromatic N) is 2. The highest BCUT2D eigenvalue weighted by molar-refractivity contribution is 5.05. The van der Waals surface area contributed by atoms with Gasteiger partial charge >= 0.3 is 0 Å². The van der Waals surface area contributed by atoms with Crippen LogP contribution in [0.1, 0.15) is 11.8 Å². The van der Waals surface area contributed by atoms with Crippen molar-refractivity contribution < 1.29 is 4.74 Å². The number of hydrogen-bond acceptors (Lipinski definition) is 2. The lowest BCUT2D eigenvalue weighted by atomic mass is 10.4. The molecule has 1 fully saturated rings. The van der Waals surface area contributed by atoms with Gasteiger partial charge in [-0.2, -0.15) is 0 Å². The summed E-state index contributed by atoms with van der Waals surface area (Å²) >= 11 is 0. The summed E-state index contributed by atoms with van der Waals surface area (Å²) < 4.78 is 6.96. The van der Waals surface area contributed by atoms with E-state index in [1.165, 1.54) is 0 Å². The van der Waals surface area contributed by atoms with Gasteiger partial charge in [0.1, 0.15) is 6.10 Å². The average Bonchev–Trinajstić information content (AvgIpc) is 2.58. The largest absolute Gasteiger partial charge is 0.366 e. The van der Waals surface area contributed by atoms with Crippen molar-refractivity contribution in [2.24, 2.45) is 7.05 Å². The van der Waals surface area contributed by atoms with Crippen molar-refractivity contribution in [1.82, 2.24) is 9.55 Å². The van der Waals surface area contributed by atoms with Gasteiger partial charge in [0.05, 0.1) is 18.6 Å². The van der Waals surface area contributed by atoms with Crippen molar-refractivity contribution in [1.29, 1.82) is 0 Å². The molecule has 9 heavy (non-hydrogen) atoms. The van der Waals surface area contributed by atoms with Crippen molar-refractivity contribution in [3.63, 3.8) is 0 Å². The van der Waals surface area contributed by atoms with Crippen LogP contribution in [0.4, 0.5) is 0 Å². The molecule has 1 aromatic heterocycles. The standard InChI is InChI=1S/C6H8N2O/c1-8-2-5(7-4-8)6-3-9-6/h2,4,6H,3H2,1H3. The maximum absolute atomic E-state index is 5.03. The number of imidazole rings is 1. The Morgan fingerprint density at radius 2 is 2.67 bits per heavy atom. The Kier molecular flexibility index (Phi) is 0.873. The van der Waals surface area contributed by atoms with Crippen molar-refractivity contribution in [2.45, 2.75) is 6.10 Å². The Morgan fingerprint density at radius 3 is 3.11 bits per heavy atom. The van der Waals surface area contributed by atoms with E-state index in [4.69, 9.17) is 4.74 Å². The Hall–Kier alpha value is -0.830. The topological polar surface area (TPSA) is 30.4 Å². The number of hydrogen-bond donors (Lipinski definition) is 0. The zero-order valence-corrected chi connectivity index (χ0v) is 5.24. The highest BCUT2D eigenvalue weighted by Gasteiger charge is 2.26. The van der Waals surface area contributed by atoms with Gasteiger partial charge in [-0.15, -0.1) is 0 Å². The van der Waals surface area contributed by atoms with E-state index in [2.05, 4.69) is 4.98 Å². The third-order valence-electron chi connectivity index (χ3n) is 1.39. The highest BCUT2D eigenvalue weighted by atomic mass is 16.6. The first-order valence-corrected chi connectivity index (χ1v) is 2.96. The van der Waals surface area contributed by atoms with Gasteiger partial charge in [0, 0.05) is 13.2 Å². The molecule has 0 N–H and O–H groups in total. The minimum absolute atomic E-state index is 0.297. The summed E-state index contributed by atoms with van der Waals surface area (Å²) in [6.07, 6.45) is 4.07.